The first kappa shape index (κ1) is 16.9. The summed E-state index contributed by atoms with van der Waals surface area (Å²) >= 11 is 1.56. The number of carbonyl (C=O) groups excluding carboxylic acids is 1. The van der Waals surface area contributed by atoms with E-state index in [4.69, 9.17) is 0 Å². The highest BCUT2D eigenvalue weighted by Crippen LogP contribution is 2.19. The van der Waals surface area contributed by atoms with E-state index in [1.54, 1.807) is 11.3 Å². The van der Waals surface area contributed by atoms with E-state index in [1.165, 1.54) is 0 Å². The second-order valence-electron chi connectivity index (χ2n) is 6.46. The quantitative estimate of drug-likeness (QED) is 0.906. The fraction of sp³-hybridized carbons (Fsp3) is 0.444. The van der Waals surface area contributed by atoms with Crippen molar-refractivity contribution in [3.63, 3.8) is 0 Å². The van der Waals surface area contributed by atoms with Gasteiger partial charge < -0.3 is 15.1 Å². The number of nitrogens with zero attached hydrogens (tertiary/aromatic N) is 3. The number of para-hydroxylation sites is 1. The molecule has 6 heteroatoms. The number of aromatic nitrogens is 1. The molecule has 1 aliphatic heterocycles. The number of piperidine rings is 1. The zero-order valence-corrected chi connectivity index (χ0v) is 15.1. The molecule has 1 aromatic carbocycles. The molecule has 1 saturated heterocycles. The van der Waals surface area contributed by atoms with E-state index in [-0.39, 0.29) is 5.91 Å². The molecule has 0 radical (unpaired) electrons. The SMILES string of the molecule is CN(C)Cc1nc(C(=O)N2CCC[C@H](Nc3ccccc3)C2)cs1. The van der Waals surface area contributed by atoms with Crippen LogP contribution in [0.4, 0.5) is 5.69 Å². The summed E-state index contributed by atoms with van der Waals surface area (Å²) in [5.41, 5.74) is 1.69. The fourth-order valence-electron chi connectivity index (χ4n) is 2.96. The summed E-state index contributed by atoms with van der Waals surface area (Å²) in [7, 11) is 4.01. The summed E-state index contributed by atoms with van der Waals surface area (Å²) in [6.45, 7) is 2.32. The van der Waals surface area contributed by atoms with Crippen LogP contribution in [0.25, 0.3) is 0 Å². The molecule has 2 heterocycles. The third kappa shape index (κ3) is 4.33. The standard InChI is InChI=1S/C18H24N4OS/c1-21(2)12-17-20-16(13-24-17)18(23)22-10-6-9-15(11-22)19-14-7-4-3-5-8-14/h3-5,7-8,13,15,19H,6,9-12H2,1-2H3/t15-/m0/s1. The third-order valence-corrected chi connectivity index (χ3v) is 4.91. The number of rotatable bonds is 5. The van der Waals surface area contributed by atoms with E-state index in [0.717, 1.165) is 43.2 Å². The Bertz CT molecular complexity index is 671. The van der Waals surface area contributed by atoms with E-state index >= 15 is 0 Å². The monoisotopic (exact) mass is 344 g/mol. The molecule has 0 saturated carbocycles. The molecule has 24 heavy (non-hydrogen) atoms. The summed E-state index contributed by atoms with van der Waals surface area (Å²) in [6.07, 6.45) is 2.10. The van der Waals surface area contributed by atoms with E-state index < -0.39 is 0 Å². The van der Waals surface area contributed by atoms with Crippen molar-refractivity contribution in [1.82, 2.24) is 14.8 Å². The average molecular weight is 344 g/mol. The number of likely N-dealkylation sites (tertiary alicyclic amines) is 1. The lowest BCUT2D eigenvalue weighted by molar-refractivity contribution is 0.0709. The van der Waals surface area contributed by atoms with Crippen LogP contribution in [0.1, 0.15) is 28.3 Å². The Kier molecular flexibility index (Phi) is 5.48. The Morgan fingerprint density at radius 1 is 1.38 bits per heavy atom. The van der Waals surface area contributed by atoms with Gasteiger partial charge in [0.05, 0.1) is 0 Å². The summed E-state index contributed by atoms with van der Waals surface area (Å²) < 4.78 is 0. The van der Waals surface area contributed by atoms with Gasteiger partial charge in [-0.3, -0.25) is 4.79 Å². The number of thiazole rings is 1. The van der Waals surface area contributed by atoms with E-state index in [1.807, 2.05) is 42.6 Å². The molecule has 1 N–H and O–H groups in total. The maximum Gasteiger partial charge on any atom is 0.273 e. The smallest absolute Gasteiger partial charge is 0.273 e. The molecule has 128 valence electrons. The Morgan fingerprint density at radius 2 is 2.17 bits per heavy atom. The Hall–Kier alpha value is -1.92. The highest BCUT2D eigenvalue weighted by molar-refractivity contribution is 7.09. The predicted molar refractivity (Wildman–Crippen MR) is 98.5 cm³/mol. The van der Waals surface area contributed by atoms with Crippen molar-refractivity contribution in [3.05, 3.63) is 46.4 Å². The summed E-state index contributed by atoms with van der Waals surface area (Å²) in [6, 6.07) is 10.5. The van der Waals surface area contributed by atoms with Crippen LogP contribution < -0.4 is 5.32 Å². The van der Waals surface area contributed by atoms with Crippen LogP contribution in [-0.2, 0) is 6.54 Å². The van der Waals surface area contributed by atoms with Gasteiger partial charge in [-0.05, 0) is 39.1 Å². The zero-order chi connectivity index (χ0) is 16.9. The molecule has 0 bridgehead atoms. The van der Waals surface area contributed by atoms with Crippen molar-refractivity contribution in [2.24, 2.45) is 0 Å². The number of nitrogens with one attached hydrogen (secondary N) is 1. The first-order chi connectivity index (χ1) is 11.6. The zero-order valence-electron chi connectivity index (χ0n) is 14.2. The summed E-state index contributed by atoms with van der Waals surface area (Å²) in [5, 5.41) is 6.40. The fourth-order valence-corrected chi connectivity index (χ4v) is 3.85. The Labute approximate surface area is 147 Å². The molecule has 1 aromatic heterocycles. The van der Waals surface area contributed by atoms with Crippen molar-refractivity contribution in [3.8, 4) is 0 Å². The van der Waals surface area contributed by atoms with Gasteiger partial charge in [0.25, 0.3) is 5.91 Å². The number of anilines is 1. The minimum absolute atomic E-state index is 0.0517. The Morgan fingerprint density at radius 3 is 2.92 bits per heavy atom. The molecule has 3 rings (SSSR count). The largest absolute Gasteiger partial charge is 0.381 e. The maximum atomic E-state index is 12.7. The van der Waals surface area contributed by atoms with Gasteiger partial charge in [0.2, 0.25) is 0 Å². The molecule has 0 unspecified atom stereocenters. The highest BCUT2D eigenvalue weighted by Gasteiger charge is 2.25. The van der Waals surface area contributed by atoms with Gasteiger partial charge in [0.1, 0.15) is 10.7 Å². The van der Waals surface area contributed by atoms with Crippen molar-refractivity contribution in [1.29, 1.82) is 0 Å². The van der Waals surface area contributed by atoms with Crippen LogP contribution >= 0.6 is 11.3 Å². The van der Waals surface area contributed by atoms with Crippen molar-refractivity contribution in [2.45, 2.75) is 25.4 Å². The van der Waals surface area contributed by atoms with E-state index in [2.05, 4.69) is 27.3 Å². The lowest BCUT2D eigenvalue weighted by Gasteiger charge is -2.33. The normalized spacial score (nSPS) is 18.0. The van der Waals surface area contributed by atoms with Crippen LogP contribution in [0.2, 0.25) is 0 Å². The molecular formula is C18H24N4OS. The number of carbonyl (C=O) groups is 1. The minimum Gasteiger partial charge on any atom is -0.381 e. The Balaban J connectivity index is 1.61. The molecule has 5 nitrogen and oxygen atoms in total. The van der Waals surface area contributed by atoms with Crippen molar-refractivity contribution >= 4 is 22.9 Å². The van der Waals surface area contributed by atoms with Crippen LogP contribution in [0.3, 0.4) is 0 Å². The number of hydrogen-bond acceptors (Lipinski definition) is 5. The molecular weight excluding hydrogens is 320 g/mol. The first-order valence-corrected chi connectivity index (χ1v) is 9.20. The minimum atomic E-state index is 0.0517. The van der Waals surface area contributed by atoms with Gasteiger partial charge in [0, 0.05) is 36.7 Å². The van der Waals surface area contributed by atoms with E-state index in [0.29, 0.717) is 11.7 Å². The second-order valence-corrected chi connectivity index (χ2v) is 7.41. The molecule has 2 aromatic rings. The van der Waals surface area contributed by atoms with Gasteiger partial charge in [0.15, 0.2) is 0 Å². The lowest BCUT2D eigenvalue weighted by Crippen LogP contribution is -2.45. The highest BCUT2D eigenvalue weighted by atomic mass is 32.1. The summed E-state index contributed by atoms with van der Waals surface area (Å²) in [5.74, 6) is 0.0517. The number of amides is 1. The first-order valence-electron chi connectivity index (χ1n) is 8.32. The van der Waals surface area contributed by atoms with Crippen molar-refractivity contribution < 1.29 is 4.79 Å². The van der Waals surface area contributed by atoms with Crippen LogP contribution in [0, 0.1) is 0 Å². The molecule has 1 fully saturated rings. The van der Waals surface area contributed by atoms with Gasteiger partial charge >= 0.3 is 0 Å². The second kappa shape index (κ2) is 7.77. The van der Waals surface area contributed by atoms with Crippen LogP contribution in [0.15, 0.2) is 35.7 Å². The van der Waals surface area contributed by atoms with Crippen LogP contribution in [-0.4, -0.2) is 53.9 Å². The third-order valence-electron chi connectivity index (χ3n) is 4.08. The number of benzene rings is 1. The topological polar surface area (TPSA) is 48.5 Å². The molecule has 1 atom stereocenters. The average Bonchev–Trinajstić information content (AvgIpc) is 3.03. The van der Waals surface area contributed by atoms with Gasteiger partial charge in [-0.15, -0.1) is 11.3 Å². The van der Waals surface area contributed by atoms with Gasteiger partial charge in [-0.25, -0.2) is 4.98 Å². The lowest BCUT2D eigenvalue weighted by atomic mass is 10.0. The van der Waals surface area contributed by atoms with E-state index in [9.17, 15) is 4.79 Å². The summed E-state index contributed by atoms with van der Waals surface area (Å²) in [4.78, 5) is 21.2. The molecule has 0 aliphatic carbocycles. The van der Waals surface area contributed by atoms with Gasteiger partial charge in [-0.1, -0.05) is 18.2 Å². The molecule has 1 amide bonds. The maximum absolute atomic E-state index is 12.7. The molecule has 1 aliphatic rings. The molecule has 0 spiro atoms. The van der Waals surface area contributed by atoms with Crippen LogP contribution in [0.5, 0.6) is 0 Å². The number of hydrogen-bond donors (Lipinski definition) is 1. The van der Waals surface area contributed by atoms with Gasteiger partial charge in [-0.2, -0.15) is 0 Å². The predicted octanol–water partition coefficient (Wildman–Crippen LogP) is 2.92. The van der Waals surface area contributed by atoms with Crippen molar-refractivity contribution in [2.75, 3.05) is 32.5 Å².